The van der Waals surface area contributed by atoms with Crippen LogP contribution in [0, 0.1) is 18.8 Å². The first-order valence-corrected chi connectivity index (χ1v) is 13.6. The molecule has 0 radical (unpaired) electrons. The molecule has 0 aromatic carbocycles. The Hall–Kier alpha value is -1.59. The third-order valence-corrected chi connectivity index (χ3v) is 8.74. The normalized spacial score (nSPS) is 24.2. The van der Waals surface area contributed by atoms with Crippen LogP contribution in [0.15, 0.2) is 18.3 Å². The van der Waals surface area contributed by atoms with Gasteiger partial charge in [-0.05, 0) is 75.5 Å². The molecule has 0 N–H and O–H groups in total. The fraction of sp³-hybridized carbons (Fsp3) is 0.667. The lowest BCUT2D eigenvalue weighted by Gasteiger charge is -2.30. The quantitative estimate of drug-likeness (QED) is 0.530. The fourth-order valence-corrected chi connectivity index (χ4v) is 6.46. The first-order valence-electron chi connectivity index (χ1n) is 12.8. The second kappa shape index (κ2) is 10.1. The Labute approximate surface area is 196 Å². The number of ketones is 1. The summed E-state index contributed by atoms with van der Waals surface area (Å²) in [4.78, 5) is 25.6. The zero-order valence-corrected chi connectivity index (χ0v) is 20.3. The molecule has 0 bridgehead atoms. The van der Waals surface area contributed by atoms with Crippen molar-refractivity contribution in [3.8, 4) is 0 Å². The summed E-state index contributed by atoms with van der Waals surface area (Å²) in [5.74, 6) is 2.60. The Morgan fingerprint density at radius 3 is 2.59 bits per heavy atom. The summed E-state index contributed by atoms with van der Waals surface area (Å²) in [5.41, 5.74) is 4.20. The van der Waals surface area contributed by atoms with Gasteiger partial charge in [0.2, 0.25) is 0 Å². The molecule has 5 heteroatoms. The van der Waals surface area contributed by atoms with E-state index < -0.39 is 0 Å². The topological polar surface area (TPSA) is 46.1 Å². The van der Waals surface area contributed by atoms with Crippen molar-refractivity contribution in [1.82, 2.24) is 14.9 Å². The molecule has 0 atom stereocenters. The number of fused-ring (bicyclic) bond motifs is 1. The van der Waals surface area contributed by atoms with Gasteiger partial charge in [0.1, 0.15) is 5.78 Å². The molecule has 5 rings (SSSR count). The number of thiazole rings is 1. The van der Waals surface area contributed by atoms with Gasteiger partial charge in [-0.2, -0.15) is 0 Å². The minimum Gasteiger partial charge on any atom is -0.303 e. The molecule has 3 heterocycles. The van der Waals surface area contributed by atoms with Gasteiger partial charge in [-0.25, -0.2) is 4.98 Å². The minimum atomic E-state index is 0.402. The molecular formula is C27H37N3OS. The van der Waals surface area contributed by atoms with Crippen LogP contribution in [-0.2, 0) is 24.1 Å². The molecule has 2 saturated carbocycles. The minimum absolute atomic E-state index is 0.402. The number of Topliss-reactive ketones (excluding diaryl/α,β-unsaturated/α-hetero) is 1. The molecule has 0 spiro atoms. The van der Waals surface area contributed by atoms with Gasteiger partial charge in [-0.3, -0.25) is 9.78 Å². The highest BCUT2D eigenvalue weighted by atomic mass is 32.1. The van der Waals surface area contributed by atoms with Crippen LogP contribution in [0.1, 0.15) is 84.1 Å². The smallest absolute Gasteiger partial charge is 0.138 e. The summed E-state index contributed by atoms with van der Waals surface area (Å²) in [7, 11) is 0. The lowest BCUT2D eigenvalue weighted by Crippen LogP contribution is -2.29. The maximum atomic E-state index is 12.5. The van der Waals surface area contributed by atoms with Crippen LogP contribution in [0.5, 0.6) is 0 Å². The predicted molar refractivity (Wildman–Crippen MR) is 130 cm³/mol. The highest BCUT2D eigenvalue weighted by Crippen LogP contribution is 2.39. The Morgan fingerprint density at radius 2 is 1.84 bits per heavy atom. The van der Waals surface area contributed by atoms with Crippen molar-refractivity contribution >= 4 is 17.1 Å². The number of carbonyl (C=O) groups is 1. The summed E-state index contributed by atoms with van der Waals surface area (Å²) in [6, 6.07) is 4.64. The van der Waals surface area contributed by atoms with Crippen molar-refractivity contribution in [2.24, 2.45) is 11.8 Å². The Bertz CT molecular complexity index is 927. The second-order valence-electron chi connectivity index (χ2n) is 10.4. The summed E-state index contributed by atoms with van der Waals surface area (Å²) < 4.78 is 0. The van der Waals surface area contributed by atoms with Crippen molar-refractivity contribution in [3.63, 3.8) is 0 Å². The first-order chi connectivity index (χ1) is 15.6. The van der Waals surface area contributed by atoms with Crippen molar-refractivity contribution in [3.05, 3.63) is 45.2 Å². The molecule has 2 aliphatic carbocycles. The SMILES string of the molecule is Cc1ncc(CC(=O)CC2CCC(CCN3CCc4ccc(C5CC5)nc4CC3)CC2)s1. The van der Waals surface area contributed by atoms with E-state index in [0.717, 1.165) is 47.5 Å². The van der Waals surface area contributed by atoms with Crippen LogP contribution in [0.3, 0.4) is 0 Å². The predicted octanol–water partition coefficient (Wildman–Crippen LogP) is 5.52. The third kappa shape index (κ3) is 5.85. The third-order valence-electron chi connectivity index (χ3n) is 7.82. The molecule has 4 nitrogen and oxygen atoms in total. The molecular weight excluding hydrogens is 414 g/mol. The highest BCUT2D eigenvalue weighted by molar-refractivity contribution is 7.11. The molecule has 0 amide bonds. The van der Waals surface area contributed by atoms with Crippen LogP contribution in [-0.4, -0.2) is 40.3 Å². The van der Waals surface area contributed by atoms with Crippen LogP contribution < -0.4 is 0 Å². The van der Waals surface area contributed by atoms with Crippen LogP contribution in [0.25, 0.3) is 0 Å². The second-order valence-corrected chi connectivity index (χ2v) is 11.7. The first kappa shape index (κ1) is 22.2. The van der Waals surface area contributed by atoms with Crippen molar-refractivity contribution in [2.45, 2.75) is 83.5 Å². The highest BCUT2D eigenvalue weighted by Gasteiger charge is 2.27. The van der Waals surface area contributed by atoms with Gasteiger partial charge >= 0.3 is 0 Å². The standard InChI is InChI=1S/C27H37N3OS/c1-19-28-18-25(32-19)17-24(31)16-21-4-2-20(3-5-21)10-13-30-14-11-23-8-9-26(22-6-7-22)29-27(23)12-15-30/h8-9,18,20-22H,2-7,10-17H2,1H3. The van der Waals surface area contributed by atoms with E-state index in [1.807, 2.05) is 13.1 Å². The number of hydrogen-bond acceptors (Lipinski definition) is 5. The summed E-state index contributed by atoms with van der Waals surface area (Å²) in [5, 5.41) is 1.06. The van der Waals surface area contributed by atoms with Gasteiger partial charge in [0.25, 0.3) is 0 Å². The Kier molecular flexibility index (Phi) is 7.03. The van der Waals surface area contributed by atoms with E-state index in [1.54, 1.807) is 11.3 Å². The van der Waals surface area contributed by atoms with Gasteiger partial charge in [0.15, 0.2) is 0 Å². The number of carbonyl (C=O) groups excluding carboxylic acids is 1. The van der Waals surface area contributed by atoms with E-state index >= 15 is 0 Å². The lowest BCUT2D eigenvalue weighted by molar-refractivity contribution is -0.119. The van der Waals surface area contributed by atoms with Gasteiger partial charge in [-0.15, -0.1) is 11.3 Å². The van der Waals surface area contributed by atoms with Crippen LogP contribution >= 0.6 is 11.3 Å². The Balaban J connectivity index is 1.02. The largest absolute Gasteiger partial charge is 0.303 e. The van der Waals surface area contributed by atoms with E-state index in [1.165, 1.54) is 75.0 Å². The van der Waals surface area contributed by atoms with E-state index in [-0.39, 0.29) is 0 Å². The van der Waals surface area contributed by atoms with Crippen molar-refractivity contribution in [2.75, 3.05) is 19.6 Å². The summed E-state index contributed by atoms with van der Waals surface area (Å²) in [6.07, 6.45) is 14.6. The van der Waals surface area contributed by atoms with E-state index in [0.29, 0.717) is 18.1 Å². The number of aromatic nitrogens is 2. The average Bonchev–Trinajstić information content (AvgIpc) is 3.59. The number of rotatable bonds is 8. The number of aryl methyl sites for hydroxylation is 1. The molecule has 2 fully saturated rings. The molecule has 2 aromatic heterocycles. The maximum absolute atomic E-state index is 12.5. The number of pyridine rings is 1. The van der Waals surface area contributed by atoms with E-state index in [2.05, 4.69) is 22.0 Å². The molecule has 0 saturated heterocycles. The summed E-state index contributed by atoms with van der Waals surface area (Å²) in [6.45, 7) is 5.57. The van der Waals surface area contributed by atoms with E-state index in [9.17, 15) is 4.79 Å². The zero-order chi connectivity index (χ0) is 21.9. The number of hydrogen-bond donors (Lipinski definition) is 0. The average molecular weight is 452 g/mol. The molecule has 3 aliphatic rings. The van der Waals surface area contributed by atoms with Gasteiger partial charge in [-0.1, -0.05) is 18.9 Å². The van der Waals surface area contributed by atoms with E-state index in [4.69, 9.17) is 4.98 Å². The van der Waals surface area contributed by atoms with Crippen LogP contribution in [0.4, 0.5) is 0 Å². The maximum Gasteiger partial charge on any atom is 0.138 e. The molecule has 32 heavy (non-hydrogen) atoms. The monoisotopic (exact) mass is 451 g/mol. The Morgan fingerprint density at radius 1 is 1.06 bits per heavy atom. The van der Waals surface area contributed by atoms with Crippen molar-refractivity contribution in [1.29, 1.82) is 0 Å². The number of nitrogens with zero attached hydrogens (tertiary/aromatic N) is 3. The van der Waals surface area contributed by atoms with Gasteiger partial charge < -0.3 is 4.90 Å². The zero-order valence-electron chi connectivity index (χ0n) is 19.5. The van der Waals surface area contributed by atoms with Gasteiger partial charge in [0.05, 0.1) is 5.01 Å². The van der Waals surface area contributed by atoms with Gasteiger partial charge in [0, 0.05) is 60.7 Å². The summed E-state index contributed by atoms with van der Waals surface area (Å²) >= 11 is 1.66. The fourth-order valence-electron chi connectivity index (χ4n) is 5.64. The van der Waals surface area contributed by atoms with Crippen LogP contribution in [0.2, 0.25) is 0 Å². The molecule has 172 valence electrons. The molecule has 2 aromatic rings. The van der Waals surface area contributed by atoms with Crippen molar-refractivity contribution < 1.29 is 4.79 Å². The molecule has 1 aliphatic heterocycles. The lowest BCUT2D eigenvalue weighted by atomic mass is 9.78. The molecule has 0 unspecified atom stereocenters.